The first kappa shape index (κ1) is 13.1. The van der Waals surface area contributed by atoms with Crippen molar-refractivity contribution in [2.24, 2.45) is 5.41 Å². The van der Waals surface area contributed by atoms with E-state index in [1.54, 1.807) is 11.3 Å². The molecule has 0 bridgehead atoms. The van der Waals surface area contributed by atoms with Gasteiger partial charge in [-0.3, -0.25) is 9.59 Å². The van der Waals surface area contributed by atoms with Crippen LogP contribution in [0.2, 0.25) is 0 Å². The molecule has 4 nitrogen and oxygen atoms in total. The van der Waals surface area contributed by atoms with E-state index >= 15 is 0 Å². The Kier molecular flexibility index (Phi) is 3.19. The van der Waals surface area contributed by atoms with Crippen molar-refractivity contribution < 1.29 is 14.7 Å². The van der Waals surface area contributed by atoms with Gasteiger partial charge in [0.15, 0.2) is 0 Å². The molecule has 0 aromatic carbocycles. The van der Waals surface area contributed by atoms with Gasteiger partial charge in [-0.2, -0.15) is 0 Å². The standard InChI is InChI=1S/C13H17NO3S/c1-7-6-10(9(3)18-7)8(2)14-11(15)13(4-5-13)12(16)17/h6,8H,4-5H2,1-3H3,(H,14,15)(H,16,17)/t8-/m1/s1. The van der Waals surface area contributed by atoms with Crippen LogP contribution >= 0.6 is 11.3 Å². The zero-order valence-corrected chi connectivity index (χ0v) is 11.6. The van der Waals surface area contributed by atoms with Crippen LogP contribution in [0.4, 0.5) is 0 Å². The maximum absolute atomic E-state index is 12.0. The van der Waals surface area contributed by atoms with E-state index in [0.717, 1.165) is 5.56 Å². The van der Waals surface area contributed by atoms with Crippen LogP contribution in [0.15, 0.2) is 6.07 Å². The van der Waals surface area contributed by atoms with Crippen LogP contribution < -0.4 is 5.32 Å². The molecule has 0 unspecified atom stereocenters. The van der Waals surface area contributed by atoms with Crippen molar-refractivity contribution >= 4 is 23.2 Å². The average molecular weight is 267 g/mol. The molecule has 1 amide bonds. The minimum Gasteiger partial charge on any atom is -0.480 e. The van der Waals surface area contributed by atoms with Crippen molar-refractivity contribution in [2.75, 3.05) is 0 Å². The topological polar surface area (TPSA) is 66.4 Å². The van der Waals surface area contributed by atoms with Crippen LogP contribution in [0.3, 0.4) is 0 Å². The van der Waals surface area contributed by atoms with Crippen LogP contribution in [-0.4, -0.2) is 17.0 Å². The summed E-state index contributed by atoms with van der Waals surface area (Å²) < 4.78 is 0. The number of carboxylic acids is 1. The number of nitrogens with one attached hydrogen (secondary N) is 1. The third-order valence-electron chi connectivity index (χ3n) is 3.49. The van der Waals surface area contributed by atoms with Gasteiger partial charge < -0.3 is 10.4 Å². The number of aryl methyl sites for hydroxylation is 2. The Bertz CT molecular complexity index is 502. The molecule has 2 N–H and O–H groups in total. The molecule has 18 heavy (non-hydrogen) atoms. The molecule has 0 radical (unpaired) electrons. The minimum absolute atomic E-state index is 0.140. The smallest absolute Gasteiger partial charge is 0.319 e. The summed E-state index contributed by atoms with van der Waals surface area (Å²) in [5.41, 5.74) is -0.0835. The fourth-order valence-corrected chi connectivity index (χ4v) is 3.18. The molecule has 0 spiro atoms. The second kappa shape index (κ2) is 4.39. The molecule has 1 aliphatic carbocycles. The largest absolute Gasteiger partial charge is 0.480 e. The molecule has 1 aromatic rings. The zero-order valence-electron chi connectivity index (χ0n) is 10.7. The van der Waals surface area contributed by atoms with E-state index in [-0.39, 0.29) is 11.9 Å². The molecule has 1 saturated carbocycles. The Morgan fingerprint density at radius 3 is 2.44 bits per heavy atom. The highest BCUT2D eigenvalue weighted by atomic mass is 32.1. The SMILES string of the molecule is Cc1cc([C@@H](C)NC(=O)C2(C(=O)O)CC2)c(C)s1. The number of carboxylic acid groups (broad SMARTS) is 1. The summed E-state index contributed by atoms with van der Waals surface area (Å²) in [6, 6.07) is 1.91. The number of thiophene rings is 1. The lowest BCUT2D eigenvalue weighted by Crippen LogP contribution is -2.38. The van der Waals surface area contributed by atoms with Crippen LogP contribution in [-0.2, 0) is 9.59 Å². The summed E-state index contributed by atoms with van der Waals surface area (Å²) in [5.74, 6) is -1.36. The van der Waals surface area contributed by atoms with E-state index in [1.807, 2.05) is 26.8 Å². The van der Waals surface area contributed by atoms with E-state index in [1.165, 1.54) is 9.75 Å². The molecule has 98 valence electrons. The van der Waals surface area contributed by atoms with Crippen LogP contribution in [0.1, 0.15) is 41.1 Å². The monoisotopic (exact) mass is 267 g/mol. The lowest BCUT2D eigenvalue weighted by atomic mass is 10.0. The predicted octanol–water partition coefficient (Wildman–Crippen LogP) is 2.41. The molecule has 1 fully saturated rings. The second-order valence-corrected chi connectivity index (χ2v) is 6.41. The summed E-state index contributed by atoms with van der Waals surface area (Å²) in [4.78, 5) is 25.4. The minimum atomic E-state index is -1.16. The van der Waals surface area contributed by atoms with Gasteiger partial charge in [0.05, 0.1) is 6.04 Å². The summed E-state index contributed by atoms with van der Waals surface area (Å²) >= 11 is 1.69. The van der Waals surface area contributed by atoms with Gasteiger partial charge in [-0.1, -0.05) is 0 Å². The van der Waals surface area contributed by atoms with E-state index < -0.39 is 11.4 Å². The first-order valence-corrected chi connectivity index (χ1v) is 6.80. The lowest BCUT2D eigenvalue weighted by Gasteiger charge is -2.17. The highest BCUT2D eigenvalue weighted by molar-refractivity contribution is 7.12. The fraction of sp³-hybridized carbons (Fsp3) is 0.538. The van der Waals surface area contributed by atoms with Crippen molar-refractivity contribution in [1.82, 2.24) is 5.32 Å². The number of hydrogen-bond donors (Lipinski definition) is 2. The van der Waals surface area contributed by atoms with Crippen molar-refractivity contribution in [3.8, 4) is 0 Å². The third-order valence-corrected chi connectivity index (χ3v) is 4.47. The van der Waals surface area contributed by atoms with E-state index in [2.05, 4.69) is 5.32 Å². The second-order valence-electron chi connectivity index (χ2n) is 4.95. The summed E-state index contributed by atoms with van der Waals surface area (Å²) in [7, 11) is 0. The Morgan fingerprint density at radius 1 is 1.44 bits per heavy atom. The molecule has 5 heteroatoms. The summed E-state index contributed by atoms with van der Waals surface area (Å²) in [5, 5.41) is 11.9. The molecule has 1 atom stereocenters. The number of hydrogen-bond acceptors (Lipinski definition) is 3. The first-order chi connectivity index (χ1) is 8.36. The Labute approximate surface area is 110 Å². The van der Waals surface area contributed by atoms with E-state index in [9.17, 15) is 9.59 Å². The van der Waals surface area contributed by atoms with Gasteiger partial charge in [0.1, 0.15) is 5.41 Å². The highest BCUT2D eigenvalue weighted by Crippen LogP contribution is 2.46. The van der Waals surface area contributed by atoms with E-state index in [0.29, 0.717) is 12.8 Å². The number of carbonyl (C=O) groups is 2. The van der Waals surface area contributed by atoms with Crippen LogP contribution in [0, 0.1) is 19.3 Å². The van der Waals surface area contributed by atoms with Gasteiger partial charge in [0, 0.05) is 9.75 Å². The van der Waals surface area contributed by atoms with Gasteiger partial charge >= 0.3 is 5.97 Å². The number of amides is 1. The van der Waals surface area contributed by atoms with Gasteiger partial charge in [0.2, 0.25) is 5.91 Å². The highest BCUT2D eigenvalue weighted by Gasteiger charge is 2.57. The first-order valence-electron chi connectivity index (χ1n) is 5.98. The molecule has 1 aliphatic rings. The van der Waals surface area contributed by atoms with Gasteiger partial charge in [0.25, 0.3) is 0 Å². The van der Waals surface area contributed by atoms with Gasteiger partial charge in [-0.15, -0.1) is 11.3 Å². The number of rotatable bonds is 4. The molecule has 0 aliphatic heterocycles. The van der Waals surface area contributed by atoms with E-state index in [4.69, 9.17) is 5.11 Å². The molecule has 0 saturated heterocycles. The van der Waals surface area contributed by atoms with Crippen molar-refractivity contribution in [3.05, 3.63) is 21.4 Å². The lowest BCUT2D eigenvalue weighted by molar-refractivity contribution is -0.149. The van der Waals surface area contributed by atoms with Crippen molar-refractivity contribution in [3.63, 3.8) is 0 Å². The number of aliphatic carboxylic acids is 1. The summed E-state index contributed by atoms with van der Waals surface area (Å²) in [6.45, 7) is 5.93. The average Bonchev–Trinajstić information content (AvgIpc) is 3.00. The maximum atomic E-state index is 12.0. The summed E-state index contributed by atoms with van der Waals surface area (Å²) in [6.07, 6.45) is 0.894. The van der Waals surface area contributed by atoms with Gasteiger partial charge in [-0.05, 0) is 45.2 Å². The Balaban J connectivity index is 2.08. The quantitative estimate of drug-likeness (QED) is 0.823. The Morgan fingerprint density at radius 2 is 2.06 bits per heavy atom. The molecular formula is C13H17NO3S. The molecule has 1 aromatic heterocycles. The van der Waals surface area contributed by atoms with Crippen LogP contribution in [0.25, 0.3) is 0 Å². The molecule has 2 rings (SSSR count). The fourth-order valence-electron chi connectivity index (χ4n) is 2.16. The maximum Gasteiger partial charge on any atom is 0.319 e. The van der Waals surface area contributed by atoms with Crippen molar-refractivity contribution in [2.45, 2.75) is 39.7 Å². The van der Waals surface area contributed by atoms with Crippen molar-refractivity contribution in [1.29, 1.82) is 0 Å². The van der Waals surface area contributed by atoms with Gasteiger partial charge in [-0.25, -0.2) is 0 Å². The third kappa shape index (κ3) is 2.14. The Hall–Kier alpha value is -1.36. The number of carbonyl (C=O) groups excluding carboxylic acids is 1. The predicted molar refractivity (Wildman–Crippen MR) is 69.7 cm³/mol. The molecular weight excluding hydrogens is 250 g/mol. The normalized spacial score (nSPS) is 18.2. The zero-order chi connectivity index (χ0) is 13.5. The van der Waals surface area contributed by atoms with Crippen LogP contribution in [0.5, 0.6) is 0 Å². The molecule has 1 heterocycles.